The largest absolute Gasteiger partial charge is 0.479 e. The first-order valence-corrected chi connectivity index (χ1v) is 12.4. The van der Waals surface area contributed by atoms with E-state index >= 15 is 0 Å². The van der Waals surface area contributed by atoms with E-state index in [4.69, 9.17) is 9.47 Å². The van der Waals surface area contributed by atoms with E-state index in [-0.39, 0.29) is 6.04 Å². The molecule has 2 aromatic heterocycles. The van der Waals surface area contributed by atoms with Gasteiger partial charge in [0.1, 0.15) is 30.7 Å². The topological polar surface area (TPSA) is 189 Å². The zero-order chi connectivity index (χ0) is 26.9. The number of nitrogens with zero attached hydrogens (tertiary/aromatic N) is 4. The molecule has 0 spiro atoms. The second kappa shape index (κ2) is 10.6. The summed E-state index contributed by atoms with van der Waals surface area (Å²) in [6, 6.07) is 8.49. The van der Waals surface area contributed by atoms with Gasteiger partial charge >= 0.3 is 11.9 Å². The number of hydrogen-bond donors (Lipinski definition) is 5. The number of aliphatic hydroxyl groups excluding tert-OH is 2. The highest BCUT2D eigenvalue weighted by Gasteiger charge is 2.51. The van der Waals surface area contributed by atoms with Gasteiger partial charge in [0.15, 0.2) is 11.5 Å². The molecule has 13 nitrogen and oxygen atoms in total. The highest BCUT2D eigenvalue weighted by atomic mass is 16.6. The van der Waals surface area contributed by atoms with Gasteiger partial charge in [0, 0.05) is 12.5 Å². The lowest BCUT2D eigenvalue weighted by Gasteiger charge is -2.27. The van der Waals surface area contributed by atoms with Crippen LogP contribution in [0, 0.1) is 0 Å². The number of fused-ring (bicyclic) bond motifs is 1. The molecule has 0 unspecified atom stereocenters. The average molecular weight is 528 g/mol. The molecule has 38 heavy (non-hydrogen) atoms. The van der Waals surface area contributed by atoms with E-state index < -0.39 is 55.0 Å². The number of nitrogens with one attached hydrogen (secondary N) is 1. The van der Waals surface area contributed by atoms with Crippen LogP contribution in [0.25, 0.3) is 5.65 Å². The molecule has 2 fully saturated rings. The van der Waals surface area contributed by atoms with Crippen LogP contribution >= 0.6 is 0 Å². The molecule has 2 aliphatic rings. The lowest BCUT2D eigenvalue weighted by Crippen LogP contribution is -2.52. The second-order valence-corrected chi connectivity index (χ2v) is 9.64. The van der Waals surface area contributed by atoms with Crippen molar-refractivity contribution in [3.8, 4) is 0 Å². The zero-order valence-electron chi connectivity index (χ0n) is 20.4. The van der Waals surface area contributed by atoms with Crippen molar-refractivity contribution in [2.24, 2.45) is 0 Å². The van der Waals surface area contributed by atoms with Crippen molar-refractivity contribution in [3.63, 3.8) is 0 Å². The molecule has 1 aliphatic heterocycles. The molecule has 4 atom stereocenters. The van der Waals surface area contributed by atoms with E-state index in [0.717, 1.165) is 25.7 Å². The van der Waals surface area contributed by atoms with Crippen LogP contribution in [0.4, 0.5) is 5.82 Å². The summed E-state index contributed by atoms with van der Waals surface area (Å²) >= 11 is 0. The van der Waals surface area contributed by atoms with Crippen LogP contribution in [0.5, 0.6) is 0 Å². The van der Waals surface area contributed by atoms with Crippen molar-refractivity contribution < 1.29 is 39.5 Å². The predicted molar refractivity (Wildman–Crippen MR) is 130 cm³/mol. The fourth-order valence-electron chi connectivity index (χ4n) is 5.05. The third-order valence-corrected chi connectivity index (χ3v) is 7.16. The molecule has 1 aromatic carbocycles. The van der Waals surface area contributed by atoms with Gasteiger partial charge in [-0.15, -0.1) is 0 Å². The summed E-state index contributed by atoms with van der Waals surface area (Å²) in [6.45, 7) is -0.597. The van der Waals surface area contributed by atoms with Crippen LogP contribution in [0.2, 0.25) is 0 Å². The van der Waals surface area contributed by atoms with E-state index in [1.165, 1.54) is 17.0 Å². The van der Waals surface area contributed by atoms with E-state index in [9.17, 15) is 30.0 Å². The molecule has 5 rings (SSSR count). The summed E-state index contributed by atoms with van der Waals surface area (Å²) in [4.78, 5) is 32.8. The summed E-state index contributed by atoms with van der Waals surface area (Å²) in [5.74, 6) is -2.85. The third kappa shape index (κ3) is 4.80. The van der Waals surface area contributed by atoms with Crippen molar-refractivity contribution in [1.82, 2.24) is 19.6 Å². The van der Waals surface area contributed by atoms with Crippen LogP contribution in [-0.4, -0.2) is 88.5 Å². The molecule has 0 amide bonds. The standard InChI is InChI=1S/C25H29N5O8/c31-18-17(12-37-25(23(33)34,24(35)36)10-14-6-2-1-3-7-14)38-20(19(18)32)16-11-26-22-21(27-13-28-30(16)22)29-15-8-4-5-9-15/h1-3,6-7,11,13,15,17-20,31-32H,4-5,8-10,12H2,(H,33,34)(H,35,36)(H,27,28,29)/t17-,18-,19-,20+/m1/s1. The highest BCUT2D eigenvalue weighted by molar-refractivity contribution is 6.02. The van der Waals surface area contributed by atoms with Gasteiger partial charge in [0.2, 0.25) is 0 Å². The Morgan fingerprint density at radius 2 is 1.79 bits per heavy atom. The fourth-order valence-corrected chi connectivity index (χ4v) is 5.05. The van der Waals surface area contributed by atoms with Crippen molar-refractivity contribution >= 4 is 23.4 Å². The number of imidazole rings is 1. The summed E-state index contributed by atoms with van der Waals surface area (Å²) in [7, 11) is 0. The minimum atomic E-state index is -2.62. The van der Waals surface area contributed by atoms with E-state index in [2.05, 4.69) is 20.4 Å². The zero-order valence-corrected chi connectivity index (χ0v) is 20.4. The maximum Gasteiger partial charge on any atom is 0.348 e. The van der Waals surface area contributed by atoms with Gasteiger partial charge in [-0.3, -0.25) is 0 Å². The normalized spacial score (nSPS) is 24.2. The summed E-state index contributed by atoms with van der Waals surface area (Å²) in [5.41, 5.74) is -1.41. The third-order valence-electron chi connectivity index (χ3n) is 7.16. The van der Waals surface area contributed by atoms with Crippen molar-refractivity contribution in [1.29, 1.82) is 0 Å². The molecule has 3 heterocycles. The number of anilines is 1. The number of carboxylic acids is 2. The lowest BCUT2D eigenvalue weighted by atomic mass is 9.94. The van der Waals surface area contributed by atoms with Crippen LogP contribution in [0.1, 0.15) is 43.0 Å². The van der Waals surface area contributed by atoms with Gasteiger partial charge in [-0.25, -0.2) is 24.1 Å². The van der Waals surface area contributed by atoms with Crippen LogP contribution in [0.3, 0.4) is 0 Å². The number of aliphatic carboxylic acids is 2. The second-order valence-electron chi connectivity index (χ2n) is 9.64. The molecule has 1 aliphatic carbocycles. The van der Waals surface area contributed by atoms with E-state index in [1.807, 2.05) is 0 Å². The van der Waals surface area contributed by atoms with Crippen molar-refractivity contribution in [2.75, 3.05) is 11.9 Å². The molecule has 13 heteroatoms. The molecule has 0 radical (unpaired) electrons. The molecule has 3 aromatic rings. The highest BCUT2D eigenvalue weighted by Crippen LogP contribution is 2.35. The summed E-state index contributed by atoms with van der Waals surface area (Å²) in [5, 5.41) is 48.7. The van der Waals surface area contributed by atoms with Gasteiger partial charge in [0.05, 0.1) is 18.5 Å². The number of carboxylic acid groups (broad SMARTS) is 2. The predicted octanol–water partition coefficient (Wildman–Crippen LogP) is 0.808. The number of ether oxygens (including phenoxy) is 2. The maximum atomic E-state index is 12.1. The Morgan fingerprint density at radius 3 is 2.47 bits per heavy atom. The van der Waals surface area contributed by atoms with Gasteiger partial charge < -0.3 is 35.2 Å². The number of aromatic nitrogens is 4. The molecular weight excluding hydrogens is 498 g/mol. The van der Waals surface area contributed by atoms with Gasteiger partial charge in [-0.05, 0) is 18.4 Å². The fraction of sp³-hybridized carbons (Fsp3) is 0.480. The van der Waals surface area contributed by atoms with Crippen LogP contribution in [0.15, 0.2) is 42.9 Å². The average Bonchev–Trinajstić information content (AvgIpc) is 3.63. The van der Waals surface area contributed by atoms with Gasteiger partial charge in [-0.1, -0.05) is 43.2 Å². The number of hydrogen-bond acceptors (Lipinski definition) is 10. The summed E-state index contributed by atoms with van der Waals surface area (Å²) in [6.07, 6.45) is 1.48. The number of aliphatic hydroxyl groups is 2. The Morgan fingerprint density at radius 1 is 1.08 bits per heavy atom. The Kier molecular flexibility index (Phi) is 7.25. The van der Waals surface area contributed by atoms with Crippen molar-refractivity contribution in [2.45, 2.75) is 68.2 Å². The first-order chi connectivity index (χ1) is 18.3. The molecule has 1 saturated carbocycles. The molecule has 5 N–H and O–H groups in total. The Labute approximate surface area is 217 Å². The Balaban J connectivity index is 1.34. The van der Waals surface area contributed by atoms with Crippen LogP contribution < -0.4 is 5.32 Å². The molecular formula is C25H29N5O8. The monoisotopic (exact) mass is 527 g/mol. The summed E-state index contributed by atoms with van der Waals surface area (Å²) < 4.78 is 12.8. The molecule has 202 valence electrons. The lowest BCUT2D eigenvalue weighted by molar-refractivity contribution is -0.189. The van der Waals surface area contributed by atoms with Crippen molar-refractivity contribution in [3.05, 3.63) is 54.1 Å². The minimum Gasteiger partial charge on any atom is -0.479 e. The minimum absolute atomic E-state index is 0.283. The molecule has 0 bridgehead atoms. The first-order valence-electron chi connectivity index (χ1n) is 12.4. The maximum absolute atomic E-state index is 12.1. The quantitative estimate of drug-likeness (QED) is 0.234. The van der Waals surface area contributed by atoms with Gasteiger partial charge in [0.25, 0.3) is 5.60 Å². The Hall–Kier alpha value is -3.65. The Bertz CT molecular complexity index is 1280. The first kappa shape index (κ1) is 26.0. The van der Waals surface area contributed by atoms with Gasteiger partial charge in [-0.2, -0.15) is 5.10 Å². The molecule has 1 saturated heterocycles. The smallest absolute Gasteiger partial charge is 0.348 e. The SMILES string of the molecule is O=C(O)C(Cc1ccccc1)(OC[C@H]1O[C@@H](c2cnc3c(NC4CCCC4)ncnn23)[C@H](O)[C@@H]1O)C(=O)O. The van der Waals surface area contributed by atoms with Crippen LogP contribution in [-0.2, 0) is 25.5 Å². The number of carbonyl (C=O) groups is 2. The van der Waals surface area contributed by atoms with E-state index in [1.54, 1.807) is 30.3 Å². The number of benzene rings is 1. The van der Waals surface area contributed by atoms with E-state index in [0.29, 0.717) is 22.7 Å². The number of rotatable bonds is 10.